The highest BCUT2D eigenvalue weighted by molar-refractivity contribution is 6.35. The van der Waals surface area contributed by atoms with Crippen molar-refractivity contribution in [2.24, 2.45) is 5.10 Å². The van der Waals surface area contributed by atoms with E-state index in [1.54, 1.807) is 32.0 Å². The number of amides is 3. The summed E-state index contributed by atoms with van der Waals surface area (Å²) >= 11 is 0. The molecule has 0 saturated carbocycles. The Labute approximate surface area is 176 Å². The lowest BCUT2D eigenvalue weighted by Crippen LogP contribution is -2.41. The van der Waals surface area contributed by atoms with E-state index in [0.29, 0.717) is 23.7 Å². The summed E-state index contributed by atoms with van der Waals surface area (Å²) in [6, 6.07) is 4.94. The minimum absolute atomic E-state index is 0.0369. The fourth-order valence-corrected chi connectivity index (χ4v) is 2.91. The first kappa shape index (κ1) is 23.2. The molecule has 0 radical (unpaired) electrons. The third kappa shape index (κ3) is 7.38. The predicted molar refractivity (Wildman–Crippen MR) is 113 cm³/mol. The van der Waals surface area contributed by atoms with Crippen LogP contribution in [0.4, 0.5) is 0 Å². The van der Waals surface area contributed by atoms with E-state index >= 15 is 0 Å². The maximum atomic E-state index is 12.3. The molecule has 0 aromatic heterocycles. The summed E-state index contributed by atoms with van der Waals surface area (Å²) in [7, 11) is 0. The van der Waals surface area contributed by atoms with Crippen LogP contribution < -0.4 is 20.2 Å². The van der Waals surface area contributed by atoms with E-state index in [1.165, 1.54) is 6.21 Å². The summed E-state index contributed by atoms with van der Waals surface area (Å²) in [6.45, 7) is 7.28. The molecule has 1 aromatic rings. The monoisotopic (exact) mass is 418 g/mol. The van der Waals surface area contributed by atoms with Gasteiger partial charge >= 0.3 is 11.8 Å². The number of carbonyl (C=O) groups excluding carboxylic acids is 3. The number of ether oxygens (including phenoxy) is 2. The Balaban J connectivity index is 1.95. The molecular formula is C21H30N4O5. The molecule has 0 aliphatic carbocycles. The van der Waals surface area contributed by atoms with Crippen molar-refractivity contribution < 1.29 is 23.9 Å². The van der Waals surface area contributed by atoms with Crippen LogP contribution in [-0.2, 0) is 14.4 Å². The summed E-state index contributed by atoms with van der Waals surface area (Å²) < 4.78 is 11.3. The zero-order valence-corrected chi connectivity index (χ0v) is 17.8. The Kier molecular flexibility index (Phi) is 9.11. The molecule has 1 heterocycles. The summed E-state index contributed by atoms with van der Waals surface area (Å²) in [5.74, 6) is -0.706. The van der Waals surface area contributed by atoms with Gasteiger partial charge in [0.05, 0.1) is 12.8 Å². The molecule has 2 rings (SSSR count). The lowest BCUT2D eigenvalue weighted by molar-refractivity contribution is -0.139. The third-order valence-electron chi connectivity index (χ3n) is 4.33. The van der Waals surface area contributed by atoms with Gasteiger partial charge in [-0.2, -0.15) is 5.10 Å². The first-order valence-electron chi connectivity index (χ1n) is 10.2. The molecule has 0 unspecified atom stereocenters. The van der Waals surface area contributed by atoms with Gasteiger partial charge in [-0.25, -0.2) is 5.43 Å². The van der Waals surface area contributed by atoms with Crippen molar-refractivity contribution in [1.82, 2.24) is 15.6 Å². The van der Waals surface area contributed by atoms with E-state index in [0.717, 1.165) is 32.4 Å². The molecule has 1 aromatic carbocycles. The molecule has 1 aliphatic heterocycles. The van der Waals surface area contributed by atoms with Gasteiger partial charge in [-0.05, 0) is 63.8 Å². The van der Waals surface area contributed by atoms with Crippen LogP contribution >= 0.6 is 0 Å². The summed E-state index contributed by atoms with van der Waals surface area (Å²) in [5.41, 5.74) is 2.81. The maximum absolute atomic E-state index is 12.3. The molecule has 30 heavy (non-hydrogen) atoms. The maximum Gasteiger partial charge on any atom is 0.329 e. The third-order valence-corrected chi connectivity index (χ3v) is 4.33. The zero-order valence-electron chi connectivity index (χ0n) is 17.8. The van der Waals surface area contributed by atoms with E-state index in [2.05, 4.69) is 15.8 Å². The van der Waals surface area contributed by atoms with Crippen LogP contribution in [0.1, 0.15) is 45.6 Å². The van der Waals surface area contributed by atoms with Crippen LogP contribution in [0.25, 0.3) is 0 Å². The minimum Gasteiger partial charge on any atom is -0.490 e. The highest BCUT2D eigenvalue weighted by Crippen LogP contribution is 2.28. The van der Waals surface area contributed by atoms with Crippen LogP contribution in [-0.4, -0.2) is 61.2 Å². The van der Waals surface area contributed by atoms with Gasteiger partial charge in [0.15, 0.2) is 18.1 Å². The molecule has 0 spiro atoms. The number of rotatable bonds is 8. The average molecular weight is 418 g/mol. The van der Waals surface area contributed by atoms with Crippen LogP contribution in [0.15, 0.2) is 23.3 Å². The van der Waals surface area contributed by atoms with E-state index in [4.69, 9.17) is 9.47 Å². The second-order valence-corrected chi connectivity index (χ2v) is 7.20. The molecule has 164 valence electrons. The van der Waals surface area contributed by atoms with E-state index in [1.807, 2.05) is 11.8 Å². The highest BCUT2D eigenvalue weighted by Gasteiger charge is 2.18. The van der Waals surface area contributed by atoms with Crippen LogP contribution in [0.3, 0.4) is 0 Å². The van der Waals surface area contributed by atoms with Crippen molar-refractivity contribution in [2.75, 3.05) is 26.3 Å². The standard InChI is InChI=1S/C21H30N4O5/c1-4-29-18-12-16(13-22-24-21(28)20(27)23-15(2)3)8-9-17(18)30-14-19(26)25-10-6-5-7-11-25/h8-9,12-13,15H,4-7,10-11,14H2,1-3H3,(H,23,27)(H,24,28)/b22-13-. The molecule has 3 amide bonds. The number of hydrazone groups is 1. The Morgan fingerprint density at radius 1 is 1.10 bits per heavy atom. The smallest absolute Gasteiger partial charge is 0.329 e. The molecule has 2 N–H and O–H groups in total. The number of likely N-dealkylation sites (tertiary alicyclic amines) is 1. The number of piperidine rings is 1. The molecule has 1 fully saturated rings. The first-order valence-corrected chi connectivity index (χ1v) is 10.2. The lowest BCUT2D eigenvalue weighted by atomic mass is 10.1. The largest absolute Gasteiger partial charge is 0.490 e. The Hall–Kier alpha value is -3.10. The molecular weight excluding hydrogens is 388 g/mol. The van der Waals surface area contributed by atoms with Crippen LogP contribution in [0.5, 0.6) is 11.5 Å². The van der Waals surface area contributed by atoms with Crippen molar-refractivity contribution in [2.45, 2.75) is 46.1 Å². The summed E-state index contributed by atoms with van der Waals surface area (Å²) in [5, 5.41) is 6.27. The Morgan fingerprint density at radius 3 is 2.50 bits per heavy atom. The Bertz CT molecular complexity index is 773. The SMILES string of the molecule is CCOc1cc(/C=N\NC(=O)C(=O)NC(C)C)ccc1OCC(=O)N1CCCCC1. The van der Waals surface area contributed by atoms with Gasteiger partial charge < -0.3 is 19.7 Å². The number of nitrogens with zero attached hydrogens (tertiary/aromatic N) is 2. The fraction of sp³-hybridized carbons (Fsp3) is 0.524. The lowest BCUT2D eigenvalue weighted by Gasteiger charge is -2.26. The van der Waals surface area contributed by atoms with E-state index in [9.17, 15) is 14.4 Å². The van der Waals surface area contributed by atoms with E-state index in [-0.39, 0.29) is 18.6 Å². The first-order chi connectivity index (χ1) is 14.4. The minimum atomic E-state index is -0.846. The second-order valence-electron chi connectivity index (χ2n) is 7.20. The second kappa shape index (κ2) is 11.8. The van der Waals surface area contributed by atoms with Crippen molar-refractivity contribution in [3.63, 3.8) is 0 Å². The number of nitrogens with one attached hydrogen (secondary N) is 2. The summed E-state index contributed by atoms with van der Waals surface area (Å²) in [4.78, 5) is 37.3. The van der Waals surface area contributed by atoms with Gasteiger partial charge in [0, 0.05) is 19.1 Å². The van der Waals surface area contributed by atoms with Crippen LogP contribution in [0.2, 0.25) is 0 Å². The molecule has 0 bridgehead atoms. The van der Waals surface area contributed by atoms with Crippen molar-refractivity contribution in [3.05, 3.63) is 23.8 Å². The topological polar surface area (TPSA) is 109 Å². The van der Waals surface area contributed by atoms with Gasteiger partial charge in [-0.15, -0.1) is 0 Å². The van der Waals surface area contributed by atoms with Crippen molar-refractivity contribution in [1.29, 1.82) is 0 Å². The van der Waals surface area contributed by atoms with Gasteiger partial charge in [-0.1, -0.05) is 0 Å². The van der Waals surface area contributed by atoms with Gasteiger partial charge in [0.25, 0.3) is 5.91 Å². The van der Waals surface area contributed by atoms with E-state index < -0.39 is 11.8 Å². The number of benzene rings is 1. The fourth-order valence-electron chi connectivity index (χ4n) is 2.91. The quantitative estimate of drug-likeness (QED) is 0.377. The number of hydrogen-bond donors (Lipinski definition) is 2. The van der Waals surface area contributed by atoms with Crippen LogP contribution in [0, 0.1) is 0 Å². The highest BCUT2D eigenvalue weighted by atomic mass is 16.5. The average Bonchev–Trinajstić information content (AvgIpc) is 2.73. The Morgan fingerprint density at radius 2 is 1.83 bits per heavy atom. The summed E-state index contributed by atoms with van der Waals surface area (Å²) in [6.07, 6.45) is 4.61. The van der Waals surface area contributed by atoms with Gasteiger partial charge in [0.2, 0.25) is 0 Å². The molecule has 1 aliphatic rings. The van der Waals surface area contributed by atoms with Crippen molar-refractivity contribution in [3.8, 4) is 11.5 Å². The van der Waals surface area contributed by atoms with Crippen molar-refractivity contribution >= 4 is 23.9 Å². The molecule has 1 saturated heterocycles. The van der Waals surface area contributed by atoms with Gasteiger partial charge in [-0.3, -0.25) is 14.4 Å². The van der Waals surface area contributed by atoms with Gasteiger partial charge in [0.1, 0.15) is 0 Å². The molecule has 9 heteroatoms. The normalized spacial score (nSPS) is 13.9. The predicted octanol–water partition coefficient (Wildman–Crippen LogP) is 1.45. The molecule has 9 nitrogen and oxygen atoms in total. The number of carbonyl (C=O) groups is 3. The molecule has 0 atom stereocenters. The zero-order chi connectivity index (χ0) is 21.9. The number of hydrogen-bond acceptors (Lipinski definition) is 6.